The number of anilines is 1. The lowest BCUT2D eigenvalue weighted by molar-refractivity contribution is 0.0697. The van der Waals surface area contributed by atoms with Crippen molar-refractivity contribution in [2.24, 2.45) is 5.41 Å². The molecule has 1 N–H and O–H groups in total. The molecule has 1 saturated heterocycles. The summed E-state index contributed by atoms with van der Waals surface area (Å²) in [6.07, 6.45) is 4.56. The van der Waals surface area contributed by atoms with Gasteiger partial charge in [0.25, 0.3) is 0 Å². The van der Waals surface area contributed by atoms with Crippen LogP contribution in [0.25, 0.3) is 0 Å². The van der Waals surface area contributed by atoms with E-state index in [4.69, 9.17) is 5.11 Å². The van der Waals surface area contributed by atoms with Gasteiger partial charge in [-0.05, 0) is 31.0 Å². The SMILES string of the molecule is CCCC1(CCC)CN(c2cc(C(=O)O)ccc2F)C1. The molecular formula is C16H22FNO2. The molecule has 0 unspecified atom stereocenters. The van der Waals surface area contributed by atoms with Crippen molar-refractivity contribution < 1.29 is 14.3 Å². The van der Waals surface area contributed by atoms with Gasteiger partial charge in [0.2, 0.25) is 0 Å². The molecule has 0 atom stereocenters. The van der Waals surface area contributed by atoms with Crippen molar-refractivity contribution in [3.8, 4) is 0 Å². The molecule has 1 aliphatic heterocycles. The second-order valence-electron chi connectivity index (χ2n) is 5.83. The fourth-order valence-corrected chi connectivity index (χ4v) is 3.32. The summed E-state index contributed by atoms with van der Waals surface area (Å²) in [5.41, 5.74) is 0.854. The topological polar surface area (TPSA) is 40.5 Å². The van der Waals surface area contributed by atoms with Gasteiger partial charge >= 0.3 is 5.97 Å². The number of hydrogen-bond acceptors (Lipinski definition) is 2. The van der Waals surface area contributed by atoms with Crippen LogP contribution in [0.2, 0.25) is 0 Å². The van der Waals surface area contributed by atoms with E-state index in [1.807, 2.05) is 4.90 Å². The van der Waals surface area contributed by atoms with Crippen molar-refractivity contribution in [3.05, 3.63) is 29.6 Å². The quantitative estimate of drug-likeness (QED) is 0.857. The molecule has 20 heavy (non-hydrogen) atoms. The zero-order valence-electron chi connectivity index (χ0n) is 12.2. The summed E-state index contributed by atoms with van der Waals surface area (Å²) in [5.74, 6) is -1.35. The third-order valence-electron chi connectivity index (χ3n) is 4.15. The van der Waals surface area contributed by atoms with Gasteiger partial charge in [0, 0.05) is 18.5 Å². The normalized spacial score (nSPS) is 16.9. The number of benzene rings is 1. The molecule has 1 fully saturated rings. The second-order valence-corrected chi connectivity index (χ2v) is 5.83. The van der Waals surface area contributed by atoms with Crippen molar-refractivity contribution in [2.45, 2.75) is 39.5 Å². The highest BCUT2D eigenvalue weighted by molar-refractivity contribution is 5.89. The van der Waals surface area contributed by atoms with Crippen LogP contribution >= 0.6 is 0 Å². The van der Waals surface area contributed by atoms with Crippen LogP contribution in [0.15, 0.2) is 18.2 Å². The Bertz CT molecular complexity index is 487. The van der Waals surface area contributed by atoms with E-state index >= 15 is 0 Å². The number of hydrogen-bond donors (Lipinski definition) is 1. The molecule has 0 aromatic heterocycles. The zero-order chi connectivity index (χ0) is 14.8. The highest BCUT2D eigenvalue weighted by Crippen LogP contribution is 2.42. The van der Waals surface area contributed by atoms with E-state index in [1.54, 1.807) is 0 Å². The van der Waals surface area contributed by atoms with E-state index in [0.29, 0.717) is 5.69 Å². The predicted molar refractivity (Wildman–Crippen MR) is 77.8 cm³/mol. The summed E-state index contributed by atoms with van der Waals surface area (Å²) in [6.45, 7) is 6.00. The second kappa shape index (κ2) is 5.81. The summed E-state index contributed by atoms with van der Waals surface area (Å²) in [5, 5.41) is 9.00. The van der Waals surface area contributed by atoms with Gasteiger partial charge in [0.15, 0.2) is 0 Å². The Hall–Kier alpha value is -1.58. The molecule has 2 rings (SSSR count). The first-order valence-corrected chi connectivity index (χ1v) is 7.29. The van der Waals surface area contributed by atoms with Gasteiger partial charge in [0.1, 0.15) is 5.82 Å². The minimum Gasteiger partial charge on any atom is -0.478 e. The fraction of sp³-hybridized carbons (Fsp3) is 0.562. The van der Waals surface area contributed by atoms with Crippen molar-refractivity contribution in [3.63, 3.8) is 0 Å². The number of aromatic carboxylic acids is 1. The van der Waals surface area contributed by atoms with Crippen LogP contribution in [-0.4, -0.2) is 24.2 Å². The summed E-state index contributed by atoms with van der Waals surface area (Å²) in [4.78, 5) is 13.0. The van der Waals surface area contributed by atoms with Crippen molar-refractivity contribution in [2.75, 3.05) is 18.0 Å². The lowest BCUT2D eigenvalue weighted by Gasteiger charge is -2.52. The van der Waals surface area contributed by atoms with Crippen LogP contribution in [0, 0.1) is 11.2 Å². The standard InChI is InChI=1S/C16H22FNO2/c1-3-7-16(8-4-2)10-18(11-16)14-9-12(15(19)20)5-6-13(14)17/h5-6,9H,3-4,7-8,10-11H2,1-2H3,(H,19,20). The largest absolute Gasteiger partial charge is 0.478 e. The van der Waals surface area contributed by atoms with E-state index < -0.39 is 5.97 Å². The van der Waals surface area contributed by atoms with E-state index in [2.05, 4.69) is 13.8 Å². The van der Waals surface area contributed by atoms with Crippen LogP contribution in [0.1, 0.15) is 49.9 Å². The zero-order valence-corrected chi connectivity index (χ0v) is 12.2. The fourth-order valence-electron chi connectivity index (χ4n) is 3.32. The molecule has 110 valence electrons. The number of nitrogens with zero attached hydrogens (tertiary/aromatic N) is 1. The number of halogens is 1. The highest BCUT2D eigenvalue weighted by Gasteiger charge is 2.42. The molecule has 3 nitrogen and oxygen atoms in total. The average Bonchev–Trinajstić information content (AvgIpc) is 2.36. The van der Waals surface area contributed by atoms with E-state index in [9.17, 15) is 9.18 Å². The highest BCUT2D eigenvalue weighted by atomic mass is 19.1. The van der Waals surface area contributed by atoms with Gasteiger partial charge in [-0.1, -0.05) is 26.7 Å². The molecule has 1 aromatic carbocycles. The van der Waals surface area contributed by atoms with Gasteiger partial charge in [-0.25, -0.2) is 9.18 Å². The Morgan fingerprint density at radius 2 is 1.90 bits per heavy atom. The maximum Gasteiger partial charge on any atom is 0.335 e. The summed E-state index contributed by atoms with van der Waals surface area (Å²) < 4.78 is 13.9. The maximum absolute atomic E-state index is 13.9. The van der Waals surface area contributed by atoms with Crippen molar-refractivity contribution >= 4 is 11.7 Å². The number of carboxylic acid groups (broad SMARTS) is 1. The molecule has 0 spiro atoms. The first-order valence-electron chi connectivity index (χ1n) is 7.29. The van der Waals surface area contributed by atoms with Gasteiger partial charge in [0.05, 0.1) is 11.3 Å². The van der Waals surface area contributed by atoms with E-state index in [-0.39, 0.29) is 16.8 Å². The average molecular weight is 279 g/mol. The first kappa shape index (κ1) is 14.8. The van der Waals surface area contributed by atoms with Crippen molar-refractivity contribution in [1.29, 1.82) is 0 Å². The lowest BCUT2D eigenvalue weighted by Crippen LogP contribution is -2.56. The minimum absolute atomic E-state index is 0.143. The Morgan fingerprint density at radius 1 is 1.30 bits per heavy atom. The smallest absolute Gasteiger partial charge is 0.335 e. The van der Waals surface area contributed by atoms with E-state index in [1.165, 1.54) is 18.2 Å². The molecule has 4 heteroatoms. The third-order valence-corrected chi connectivity index (χ3v) is 4.15. The monoisotopic (exact) mass is 279 g/mol. The lowest BCUT2D eigenvalue weighted by atomic mass is 9.72. The molecule has 0 radical (unpaired) electrons. The van der Waals surface area contributed by atoms with Crippen LogP contribution in [-0.2, 0) is 0 Å². The summed E-state index contributed by atoms with van der Waals surface area (Å²) in [6, 6.07) is 4.00. The number of carbonyl (C=O) groups is 1. The first-order chi connectivity index (χ1) is 9.51. The summed E-state index contributed by atoms with van der Waals surface area (Å²) in [7, 11) is 0. The Kier molecular flexibility index (Phi) is 4.31. The van der Waals surface area contributed by atoms with Crippen LogP contribution in [0.4, 0.5) is 10.1 Å². The Balaban J connectivity index is 2.15. The van der Waals surface area contributed by atoms with Crippen LogP contribution in [0.5, 0.6) is 0 Å². The molecular weight excluding hydrogens is 257 g/mol. The third kappa shape index (κ3) is 2.79. The van der Waals surface area contributed by atoms with Gasteiger partial charge in [-0.15, -0.1) is 0 Å². The minimum atomic E-state index is -1.01. The van der Waals surface area contributed by atoms with Crippen molar-refractivity contribution in [1.82, 2.24) is 0 Å². The Morgan fingerprint density at radius 3 is 2.40 bits per heavy atom. The van der Waals surface area contributed by atoms with Gasteiger partial charge in [-0.2, -0.15) is 0 Å². The predicted octanol–water partition coefficient (Wildman–Crippen LogP) is 3.93. The number of carboxylic acids is 1. The summed E-state index contributed by atoms with van der Waals surface area (Å²) >= 11 is 0. The molecule has 0 saturated carbocycles. The molecule has 1 aliphatic rings. The molecule has 1 aromatic rings. The molecule has 0 bridgehead atoms. The van der Waals surface area contributed by atoms with Crippen LogP contribution < -0.4 is 4.90 Å². The van der Waals surface area contributed by atoms with Gasteiger partial charge < -0.3 is 10.0 Å². The van der Waals surface area contributed by atoms with Crippen LogP contribution in [0.3, 0.4) is 0 Å². The maximum atomic E-state index is 13.9. The molecule has 0 aliphatic carbocycles. The molecule has 1 heterocycles. The Labute approximate surface area is 119 Å². The van der Waals surface area contributed by atoms with Gasteiger partial charge in [-0.3, -0.25) is 0 Å². The molecule has 0 amide bonds. The number of rotatable bonds is 6. The van der Waals surface area contributed by atoms with E-state index in [0.717, 1.165) is 38.8 Å².